The first-order valence-electron chi connectivity index (χ1n) is 8.85. The Morgan fingerprint density at radius 3 is 2.71 bits per heavy atom. The van der Waals surface area contributed by atoms with Crippen LogP contribution in [0.25, 0.3) is 15.3 Å². The molecule has 28 heavy (non-hydrogen) atoms. The number of thiazole rings is 1. The summed E-state index contributed by atoms with van der Waals surface area (Å²) in [7, 11) is 1.64. The third-order valence-electron chi connectivity index (χ3n) is 4.48. The second-order valence-electron chi connectivity index (χ2n) is 6.69. The zero-order valence-electron chi connectivity index (χ0n) is 16.1. The van der Waals surface area contributed by atoms with Crippen molar-refractivity contribution >= 4 is 33.3 Å². The molecule has 0 bridgehead atoms. The van der Waals surface area contributed by atoms with Crippen LogP contribution < -0.4 is 10.1 Å². The minimum atomic E-state index is -0.162. The highest BCUT2D eigenvalue weighted by Crippen LogP contribution is 2.30. The Labute approximate surface area is 166 Å². The van der Waals surface area contributed by atoms with E-state index < -0.39 is 0 Å². The normalized spacial score (nSPS) is 11.0. The van der Waals surface area contributed by atoms with Crippen molar-refractivity contribution in [1.82, 2.24) is 14.8 Å². The minimum Gasteiger partial charge on any atom is -0.497 e. The number of carbonyl (C=O) groups excluding carboxylic acids is 1. The molecule has 0 aliphatic carbocycles. The number of benzene rings is 2. The molecule has 0 saturated heterocycles. The number of methoxy groups -OCH3 is 1. The molecule has 7 heteroatoms. The van der Waals surface area contributed by atoms with E-state index in [1.165, 1.54) is 11.3 Å². The summed E-state index contributed by atoms with van der Waals surface area (Å²) in [5.41, 5.74) is 4.28. The molecule has 2 aromatic heterocycles. The van der Waals surface area contributed by atoms with E-state index in [1.807, 2.05) is 63.2 Å². The van der Waals surface area contributed by atoms with E-state index >= 15 is 0 Å². The summed E-state index contributed by atoms with van der Waals surface area (Å²) in [5, 5.41) is 8.20. The van der Waals surface area contributed by atoms with Crippen molar-refractivity contribution < 1.29 is 9.53 Å². The minimum absolute atomic E-state index is 0.162. The number of fused-ring (bicyclic) bond motifs is 1. The molecule has 0 fully saturated rings. The monoisotopic (exact) mass is 392 g/mol. The van der Waals surface area contributed by atoms with E-state index in [-0.39, 0.29) is 5.91 Å². The first-order valence-corrected chi connectivity index (χ1v) is 9.66. The van der Waals surface area contributed by atoms with Gasteiger partial charge < -0.3 is 10.1 Å². The summed E-state index contributed by atoms with van der Waals surface area (Å²) >= 11 is 1.49. The summed E-state index contributed by atoms with van der Waals surface area (Å²) < 4.78 is 7.96. The van der Waals surface area contributed by atoms with Gasteiger partial charge in [0, 0.05) is 11.6 Å². The fraction of sp³-hybridized carbons (Fsp3) is 0.190. The number of anilines is 1. The Bertz CT molecular complexity index is 1190. The van der Waals surface area contributed by atoms with E-state index in [4.69, 9.17) is 4.74 Å². The van der Waals surface area contributed by atoms with Crippen LogP contribution in [0.5, 0.6) is 5.75 Å². The molecular formula is C21H20N4O2S. The molecule has 2 aromatic carbocycles. The molecule has 4 aromatic rings. The Balaban J connectivity index is 1.71. The molecule has 0 aliphatic heterocycles. The number of nitrogens with zero attached hydrogens (tertiary/aromatic N) is 3. The number of hydrogen-bond acceptors (Lipinski definition) is 5. The molecule has 0 saturated carbocycles. The summed E-state index contributed by atoms with van der Waals surface area (Å²) in [4.78, 5) is 17.5. The van der Waals surface area contributed by atoms with Gasteiger partial charge in [-0.3, -0.25) is 4.79 Å². The maximum Gasteiger partial charge on any atom is 0.257 e. The molecule has 0 radical (unpaired) electrons. The molecule has 6 nitrogen and oxygen atoms in total. The van der Waals surface area contributed by atoms with Crippen LogP contribution in [-0.2, 0) is 0 Å². The first kappa shape index (κ1) is 18.2. The van der Waals surface area contributed by atoms with E-state index in [1.54, 1.807) is 11.8 Å². The van der Waals surface area contributed by atoms with E-state index in [2.05, 4.69) is 15.4 Å². The van der Waals surface area contributed by atoms with Crippen molar-refractivity contribution in [3.05, 3.63) is 64.8 Å². The summed E-state index contributed by atoms with van der Waals surface area (Å²) in [5.74, 6) is 1.21. The zero-order valence-corrected chi connectivity index (χ0v) is 16.9. The van der Waals surface area contributed by atoms with Gasteiger partial charge in [0.1, 0.15) is 11.6 Å². The van der Waals surface area contributed by atoms with Crippen LogP contribution in [0.3, 0.4) is 0 Å². The van der Waals surface area contributed by atoms with E-state index in [0.717, 1.165) is 32.8 Å². The molecule has 0 aliphatic rings. The SMILES string of the molecule is COc1ccc2nc(-n3nc(C)cc3NC(=O)c3cc(C)ccc3C)sc2c1. The van der Waals surface area contributed by atoms with Crippen molar-refractivity contribution in [2.24, 2.45) is 0 Å². The smallest absolute Gasteiger partial charge is 0.257 e. The lowest BCUT2D eigenvalue weighted by Crippen LogP contribution is -2.16. The Kier molecular flexibility index (Phi) is 4.60. The standard InChI is InChI=1S/C21H20N4O2S/c1-12-5-6-13(2)16(9-12)20(26)23-19-10-14(3)24-25(19)21-22-17-8-7-15(27-4)11-18(17)28-21/h5-11H,1-4H3,(H,23,26). The second kappa shape index (κ2) is 7.09. The van der Waals surface area contributed by atoms with Crippen molar-refractivity contribution in [2.45, 2.75) is 20.8 Å². The number of amides is 1. The van der Waals surface area contributed by atoms with Gasteiger partial charge in [0.05, 0.1) is 23.0 Å². The van der Waals surface area contributed by atoms with Crippen LogP contribution in [0.15, 0.2) is 42.5 Å². The zero-order chi connectivity index (χ0) is 19.8. The third-order valence-corrected chi connectivity index (χ3v) is 5.47. The van der Waals surface area contributed by atoms with Gasteiger partial charge in [-0.25, -0.2) is 4.98 Å². The Morgan fingerprint density at radius 2 is 1.93 bits per heavy atom. The van der Waals surface area contributed by atoms with Gasteiger partial charge in [-0.1, -0.05) is 29.0 Å². The number of ether oxygens (including phenoxy) is 1. The number of hydrogen-bond donors (Lipinski definition) is 1. The Morgan fingerprint density at radius 1 is 1.11 bits per heavy atom. The highest BCUT2D eigenvalue weighted by molar-refractivity contribution is 7.20. The Hall–Kier alpha value is -3.19. The maximum atomic E-state index is 12.8. The number of aromatic nitrogens is 3. The van der Waals surface area contributed by atoms with Gasteiger partial charge in [0.15, 0.2) is 0 Å². The lowest BCUT2D eigenvalue weighted by molar-refractivity contribution is 0.102. The maximum absolute atomic E-state index is 12.8. The molecular weight excluding hydrogens is 372 g/mol. The predicted octanol–water partition coefficient (Wildman–Crippen LogP) is 4.67. The van der Waals surface area contributed by atoms with Crippen molar-refractivity contribution in [3.63, 3.8) is 0 Å². The van der Waals surface area contributed by atoms with Gasteiger partial charge >= 0.3 is 0 Å². The molecule has 142 valence electrons. The lowest BCUT2D eigenvalue weighted by atomic mass is 10.1. The summed E-state index contributed by atoms with van der Waals surface area (Å²) in [6, 6.07) is 13.4. The van der Waals surface area contributed by atoms with E-state index in [9.17, 15) is 4.79 Å². The van der Waals surface area contributed by atoms with Gasteiger partial charge in [-0.05, 0) is 50.6 Å². The highest BCUT2D eigenvalue weighted by Gasteiger charge is 2.17. The number of rotatable bonds is 4. The average molecular weight is 392 g/mol. The first-order chi connectivity index (χ1) is 13.4. The average Bonchev–Trinajstić information content (AvgIpc) is 3.25. The van der Waals surface area contributed by atoms with Crippen molar-refractivity contribution in [1.29, 1.82) is 0 Å². The number of aryl methyl sites for hydroxylation is 3. The predicted molar refractivity (Wildman–Crippen MR) is 112 cm³/mol. The molecule has 4 rings (SSSR count). The van der Waals surface area contributed by atoms with Crippen LogP contribution in [0.1, 0.15) is 27.2 Å². The van der Waals surface area contributed by atoms with Gasteiger partial charge in [0.25, 0.3) is 5.91 Å². The quantitative estimate of drug-likeness (QED) is 0.548. The van der Waals surface area contributed by atoms with Crippen LogP contribution in [0.4, 0.5) is 5.82 Å². The molecule has 0 atom stereocenters. The van der Waals surface area contributed by atoms with Crippen LogP contribution >= 0.6 is 11.3 Å². The largest absolute Gasteiger partial charge is 0.497 e. The second-order valence-corrected chi connectivity index (χ2v) is 7.69. The fourth-order valence-corrected chi connectivity index (χ4v) is 3.97. The van der Waals surface area contributed by atoms with Crippen molar-refractivity contribution in [2.75, 3.05) is 12.4 Å². The highest BCUT2D eigenvalue weighted by atomic mass is 32.1. The summed E-state index contributed by atoms with van der Waals surface area (Å²) in [6.45, 7) is 5.79. The molecule has 0 spiro atoms. The van der Waals surface area contributed by atoms with Gasteiger partial charge in [0.2, 0.25) is 5.13 Å². The molecule has 1 amide bonds. The van der Waals surface area contributed by atoms with Crippen LogP contribution in [0, 0.1) is 20.8 Å². The summed E-state index contributed by atoms with van der Waals surface area (Å²) in [6.07, 6.45) is 0. The lowest BCUT2D eigenvalue weighted by Gasteiger charge is -2.09. The van der Waals surface area contributed by atoms with Crippen LogP contribution in [-0.4, -0.2) is 27.8 Å². The number of carbonyl (C=O) groups is 1. The third kappa shape index (κ3) is 3.36. The molecule has 2 heterocycles. The van der Waals surface area contributed by atoms with Crippen molar-refractivity contribution in [3.8, 4) is 10.9 Å². The fourth-order valence-electron chi connectivity index (χ4n) is 3.01. The molecule has 0 unspecified atom stereocenters. The van der Waals surface area contributed by atoms with E-state index in [0.29, 0.717) is 16.5 Å². The van der Waals surface area contributed by atoms with Gasteiger partial charge in [-0.2, -0.15) is 9.78 Å². The number of nitrogens with one attached hydrogen (secondary N) is 1. The van der Waals surface area contributed by atoms with Gasteiger partial charge in [-0.15, -0.1) is 0 Å². The van der Waals surface area contributed by atoms with Crippen LogP contribution in [0.2, 0.25) is 0 Å². The molecule has 1 N–H and O–H groups in total. The topological polar surface area (TPSA) is 69.0 Å².